The molecule has 94 valence electrons. The summed E-state index contributed by atoms with van der Waals surface area (Å²) in [5, 5.41) is 20.5. The number of aromatic nitrogens is 4. The third-order valence-corrected chi connectivity index (χ3v) is 3.27. The van der Waals surface area contributed by atoms with E-state index in [0.717, 1.165) is 0 Å². The number of nitrogens with zero attached hydrogens (tertiary/aromatic N) is 4. The van der Waals surface area contributed by atoms with Crippen molar-refractivity contribution in [2.24, 2.45) is 5.73 Å². The van der Waals surface area contributed by atoms with Gasteiger partial charge in [0.05, 0.1) is 10.9 Å². The number of rotatable bonds is 4. The van der Waals surface area contributed by atoms with Gasteiger partial charge in [-0.25, -0.2) is 0 Å². The van der Waals surface area contributed by atoms with E-state index in [9.17, 15) is 9.90 Å². The molecule has 8 heteroatoms. The maximum atomic E-state index is 11.0. The number of phenolic OH excluding ortho intramolecular Hbond substituents is 1. The van der Waals surface area contributed by atoms with Crippen LogP contribution in [0.15, 0.2) is 29.4 Å². The molecule has 0 saturated carbocycles. The minimum Gasteiger partial charge on any atom is -0.508 e. The van der Waals surface area contributed by atoms with Crippen molar-refractivity contribution >= 4 is 17.7 Å². The first-order valence-corrected chi connectivity index (χ1v) is 5.99. The van der Waals surface area contributed by atoms with Gasteiger partial charge < -0.3 is 10.8 Å². The summed E-state index contributed by atoms with van der Waals surface area (Å²) in [6, 6.07) is 6.40. The topological polar surface area (TPSA) is 107 Å². The third kappa shape index (κ3) is 2.59. The molecule has 0 bridgehead atoms. The average Bonchev–Trinajstić information content (AvgIpc) is 2.78. The molecule has 0 unspecified atom stereocenters. The van der Waals surface area contributed by atoms with Gasteiger partial charge in [0.1, 0.15) is 5.75 Å². The molecule has 0 aliphatic carbocycles. The molecule has 1 atom stereocenters. The van der Waals surface area contributed by atoms with Crippen molar-refractivity contribution in [2.75, 3.05) is 0 Å². The predicted octanol–water partition coefficient (Wildman–Crippen LogP) is 0.334. The van der Waals surface area contributed by atoms with E-state index in [1.165, 1.54) is 28.6 Å². The molecule has 0 aliphatic heterocycles. The minimum absolute atomic E-state index is 0.159. The lowest BCUT2D eigenvalue weighted by Crippen LogP contribution is -2.23. The maximum Gasteiger partial charge on any atom is 0.230 e. The van der Waals surface area contributed by atoms with Gasteiger partial charge in [-0.15, -0.1) is 5.10 Å². The first-order valence-electron chi connectivity index (χ1n) is 5.11. The van der Waals surface area contributed by atoms with Crippen molar-refractivity contribution in [3.8, 4) is 11.4 Å². The molecule has 2 aromatic rings. The zero-order chi connectivity index (χ0) is 13.1. The first kappa shape index (κ1) is 12.4. The minimum atomic E-state index is -0.430. The molecule has 1 aromatic heterocycles. The van der Waals surface area contributed by atoms with Crippen LogP contribution in [-0.2, 0) is 4.79 Å². The number of nitrogens with two attached hydrogens (primary N) is 1. The van der Waals surface area contributed by atoms with Crippen molar-refractivity contribution in [2.45, 2.75) is 17.3 Å². The van der Waals surface area contributed by atoms with E-state index >= 15 is 0 Å². The van der Waals surface area contributed by atoms with E-state index in [0.29, 0.717) is 10.8 Å². The van der Waals surface area contributed by atoms with Gasteiger partial charge in [-0.05, 0) is 41.6 Å². The lowest BCUT2D eigenvalue weighted by molar-refractivity contribution is -0.117. The quantitative estimate of drug-likeness (QED) is 0.772. The fourth-order valence-electron chi connectivity index (χ4n) is 1.22. The van der Waals surface area contributed by atoms with Crippen LogP contribution in [0, 0.1) is 0 Å². The summed E-state index contributed by atoms with van der Waals surface area (Å²) in [7, 11) is 0. The lowest BCUT2D eigenvalue weighted by atomic mass is 10.3. The second-order valence-corrected chi connectivity index (χ2v) is 4.86. The molecule has 3 N–H and O–H groups in total. The smallest absolute Gasteiger partial charge is 0.230 e. The number of primary amides is 1. The highest BCUT2D eigenvalue weighted by molar-refractivity contribution is 8.00. The summed E-state index contributed by atoms with van der Waals surface area (Å²) in [6.07, 6.45) is 0. The van der Waals surface area contributed by atoms with E-state index in [1.807, 2.05) is 0 Å². The Morgan fingerprint density at radius 1 is 1.44 bits per heavy atom. The van der Waals surface area contributed by atoms with Crippen molar-refractivity contribution in [3.63, 3.8) is 0 Å². The molecule has 2 rings (SSSR count). The molecular weight excluding hydrogens is 254 g/mol. The Balaban J connectivity index is 2.27. The van der Waals surface area contributed by atoms with Gasteiger partial charge in [0.15, 0.2) is 0 Å². The molecule has 1 aromatic carbocycles. The van der Waals surface area contributed by atoms with Gasteiger partial charge >= 0.3 is 0 Å². The van der Waals surface area contributed by atoms with E-state index in [4.69, 9.17) is 5.73 Å². The number of benzene rings is 1. The molecule has 0 saturated heterocycles. The Labute approximate surface area is 107 Å². The van der Waals surface area contributed by atoms with Crippen LogP contribution in [0.5, 0.6) is 5.75 Å². The molecule has 1 amide bonds. The van der Waals surface area contributed by atoms with Crippen LogP contribution in [0.1, 0.15) is 6.92 Å². The number of phenols is 1. The number of tetrazole rings is 1. The molecule has 0 spiro atoms. The number of carbonyl (C=O) groups is 1. The fraction of sp³-hybridized carbons (Fsp3) is 0.200. The van der Waals surface area contributed by atoms with Crippen LogP contribution in [0.2, 0.25) is 0 Å². The van der Waals surface area contributed by atoms with Gasteiger partial charge in [-0.2, -0.15) is 4.68 Å². The second-order valence-electron chi connectivity index (χ2n) is 3.55. The highest BCUT2D eigenvalue weighted by Gasteiger charge is 2.16. The summed E-state index contributed by atoms with van der Waals surface area (Å²) in [6.45, 7) is 1.68. The number of amides is 1. The molecule has 1 heterocycles. The Hall–Kier alpha value is -2.09. The highest BCUT2D eigenvalue weighted by Crippen LogP contribution is 2.23. The molecule has 0 fully saturated rings. The summed E-state index contributed by atoms with van der Waals surface area (Å²) in [4.78, 5) is 11.0. The van der Waals surface area contributed by atoms with Crippen LogP contribution < -0.4 is 5.73 Å². The molecule has 7 nitrogen and oxygen atoms in total. The third-order valence-electron chi connectivity index (χ3n) is 2.22. The number of hydrogen-bond donors (Lipinski definition) is 2. The Morgan fingerprint density at radius 3 is 2.72 bits per heavy atom. The molecule has 18 heavy (non-hydrogen) atoms. The Bertz CT molecular complexity index is 554. The van der Waals surface area contributed by atoms with E-state index in [1.54, 1.807) is 19.1 Å². The molecule has 0 aliphatic rings. The van der Waals surface area contributed by atoms with Gasteiger partial charge in [-0.3, -0.25) is 4.79 Å². The number of aromatic hydroxyl groups is 1. The van der Waals surface area contributed by atoms with Crippen molar-refractivity contribution in [3.05, 3.63) is 24.3 Å². The van der Waals surface area contributed by atoms with Crippen molar-refractivity contribution < 1.29 is 9.90 Å². The zero-order valence-corrected chi connectivity index (χ0v) is 10.3. The number of thioether (sulfide) groups is 1. The van der Waals surface area contributed by atoms with Gasteiger partial charge in [0.25, 0.3) is 0 Å². The van der Waals surface area contributed by atoms with Gasteiger partial charge in [0, 0.05) is 0 Å². The summed E-state index contributed by atoms with van der Waals surface area (Å²) >= 11 is 1.17. The van der Waals surface area contributed by atoms with Crippen LogP contribution >= 0.6 is 11.8 Å². The zero-order valence-electron chi connectivity index (χ0n) is 9.52. The van der Waals surface area contributed by atoms with Crippen molar-refractivity contribution in [1.82, 2.24) is 20.2 Å². The van der Waals surface area contributed by atoms with Crippen LogP contribution in [0.4, 0.5) is 0 Å². The fourth-order valence-corrected chi connectivity index (χ4v) is 1.98. The molecular formula is C10H11N5O2S. The standard InChI is InChI=1S/C10H11N5O2S/c1-6(9(11)17)18-10-12-13-14-15(10)7-2-4-8(16)5-3-7/h2-6,16H,1H3,(H2,11,17)/t6-/m0/s1. The van der Waals surface area contributed by atoms with Gasteiger partial charge in [0.2, 0.25) is 11.1 Å². The summed E-state index contributed by atoms with van der Waals surface area (Å²) in [5.74, 6) is -0.271. The second kappa shape index (κ2) is 5.05. The molecule has 0 radical (unpaired) electrons. The summed E-state index contributed by atoms with van der Waals surface area (Å²) in [5.41, 5.74) is 5.88. The predicted molar refractivity (Wildman–Crippen MR) is 65.3 cm³/mol. The Morgan fingerprint density at radius 2 is 2.11 bits per heavy atom. The maximum absolute atomic E-state index is 11.0. The largest absolute Gasteiger partial charge is 0.508 e. The normalized spacial score (nSPS) is 12.3. The number of hydrogen-bond acceptors (Lipinski definition) is 6. The Kier molecular flexibility index (Phi) is 3.47. The van der Waals surface area contributed by atoms with E-state index in [2.05, 4.69) is 15.5 Å². The van der Waals surface area contributed by atoms with Gasteiger partial charge in [-0.1, -0.05) is 11.8 Å². The first-order chi connectivity index (χ1) is 8.58. The lowest BCUT2D eigenvalue weighted by Gasteiger charge is -2.07. The monoisotopic (exact) mass is 265 g/mol. The van der Waals surface area contributed by atoms with E-state index < -0.39 is 11.2 Å². The van der Waals surface area contributed by atoms with E-state index in [-0.39, 0.29) is 5.75 Å². The SMILES string of the molecule is C[C@H](Sc1nnnn1-c1ccc(O)cc1)C(N)=O. The average molecular weight is 265 g/mol. The van der Waals surface area contributed by atoms with Crippen LogP contribution in [-0.4, -0.2) is 36.5 Å². The summed E-state index contributed by atoms with van der Waals surface area (Å²) < 4.78 is 1.48. The number of carbonyl (C=O) groups excluding carboxylic acids is 1. The van der Waals surface area contributed by atoms with Crippen molar-refractivity contribution in [1.29, 1.82) is 0 Å². The van der Waals surface area contributed by atoms with Crippen LogP contribution in [0.3, 0.4) is 0 Å². The van der Waals surface area contributed by atoms with Crippen LogP contribution in [0.25, 0.3) is 5.69 Å². The highest BCUT2D eigenvalue weighted by atomic mass is 32.2.